The molecule has 0 aliphatic rings. The van der Waals surface area contributed by atoms with Crippen LogP contribution in [0.1, 0.15) is 28.4 Å². The zero-order chi connectivity index (χ0) is 17.5. The van der Waals surface area contributed by atoms with Gasteiger partial charge < -0.3 is 14.6 Å². The Labute approximate surface area is 140 Å². The lowest BCUT2D eigenvalue weighted by molar-refractivity contribution is -0.140. The number of aromatic hydroxyl groups is 1. The van der Waals surface area contributed by atoms with Gasteiger partial charge in [-0.3, -0.25) is 0 Å². The zero-order valence-electron chi connectivity index (χ0n) is 13.3. The fourth-order valence-corrected chi connectivity index (χ4v) is 1.83. The Bertz CT molecular complexity index is 729. The van der Waals surface area contributed by atoms with Gasteiger partial charge in [0.2, 0.25) is 0 Å². The average molecular weight is 326 g/mol. The number of esters is 2. The van der Waals surface area contributed by atoms with E-state index < -0.39 is 11.9 Å². The maximum absolute atomic E-state index is 11.9. The molecule has 0 aliphatic carbocycles. The van der Waals surface area contributed by atoms with Crippen LogP contribution in [0.15, 0.2) is 60.7 Å². The molecule has 0 heterocycles. The molecule has 0 spiro atoms. The Morgan fingerprint density at radius 1 is 0.917 bits per heavy atom. The minimum atomic E-state index is -0.463. The van der Waals surface area contributed by atoms with E-state index in [4.69, 9.17) is 9.47 Å². The molecule has 0 saturated carbocycles. The van der Waals surface area contributed by atoms with E-state index in [1.165, 1.54) is 24.3 Å². The lowest BCUT2D eigenvalue weighted by Crippen LogP contribution is -2.06. The topological polar surface area (TPSA) is 72.8 Å². The highest BCUT2D eigenvalue weighted by atomic mass is 16.5. The third-order valence-corrected chi connectivity index (χ3v) is 3.21. The van der Waals surface area contributed by atoms with Gasteiger partial charge >= 0.3 is 11.9 Å². The van der Waals surface area contributed by atoms with Crippen molar-refractivity contribution in [2.75, 3.05) is 0 Å². The van der Waals surface area contributed by atoms with Crippen LogP contribution in [0.5, 0.6) is 5.75 Å². The summed E-state index contributed by atoms with van der Waals surface area (Å²) in [4.78, 5) is 23.2. The van der Waals surface area contributed by atoms with E-state index in [0.29, 0.717) is 11.1 Å². The summed E-state index contributed by atoms with van der Waals surface area (Å²) in [5.74, 6) is -0.800. The first-order valence-corrected chi connectivity index (χ1v) is 7.32. The van der Waals surface area contributed by atoms with Gasteiger partial charge in [-0.1, -0.05) is 30.8 Å². The molecule has 0 amide bonds. The third-order valence-electron chi connectivity index (χ3n) is 3.21. The zero-order valence-corrected chi connectivity index (χ0v) is 13.3. The number of benzene rings is 2. The van der Waals surface area contributed by atoms with Crippen LogP contribution in [0.25, 0.3) is 0 Å². The predicted molar refractivity (Wildman–Crippen MR) is 88.3 cm³/mol. The summed E-state index contributed by atoms with van der Waals surface area (Å²) in [6, 6.07) is 13.1. The Morgan fingerprint density at radius 3 is 1.92 bits per heavy atom. The quantitative estimate of drug-likeness (QED) is 0.651. The van der Waals surface area contributed by atoms with Crippen LogP contribution in [-0.4, -0.2) is 17.0 Å². The van der Waals surface area contributed by atoms with Crippen LogP contribution in [0.3, 0.4) is 0 Å². The van der Waals surface area contributed by atoms with E-state index in [1.807, 2.05) is 0 Å². The molecular formula is C19H18O5. The maximum atomic E-state index is 11.9. The SMILES string of the molecule is C=C(C)C(=O)OCc1ccc(COC(=O)c2ccc(O)cc2)cc1. The van der Waals surface area contributed by atoms with Gasteiger partial charge in [-0.25, -0.2) is 9.59 Å². The molecule has 2 aromatic rings. The number of hydrogen-bond acceptors (Lipinski definition) is 5. The normalized spacial score (nSPS) is 10.0. The van der Waals surface area contributed by atoms with E-state index in [2.05, 4.69) is 6.58 Å². The van der Waals surface area contributed by atoms with Crippen molar-refractivity contribution in [1.82, 2.24) is 0 Å². The van der Waals surface area contributed by atoms with E-state index in [9.17, 15) is 14.7 Å². The number of carbonyl (C=O) groups excluding carboxylic acids is 2. The summed E-state index contributed by atoms with van der Waals surface area (Å²) < 4.78 is 10.3. The fourth-order valence-electron chi connectivity index (χ4n) is 1.83. The molecule has 0 aromatic heterocycles. The van der Waals surface area contributed by atoms with E-state index >= 15 is 0 Å². The summed E-state index contributed by atoms with van der Waals surface area (Å²) in [7, 11) is 0. The summed E-state index contributed by atoms with van der Waals surface area (Å²) >= 11 is 0. The highest BCUT2D eigenvalue weighted by Crippen LogP contribution is 2.12. The van der Waals surface area contributed by atoms with Crippen molar-refractivity contribution >= 4 is 11.9 Å². The molecule has 124 valence electrons. The largest absolute Gasteiger partial charge is 0.508 e. The van der Waals surface area contributed by atoms with Gasteiger partial charge in [0.25, 0.3) is 0 Å². The number of phenolic OH excluding ortho intramolecular Hbond substituents is 1. The van der Waals surface area contributed by atoms with E-state index in [1.54, 1.807) is 31.2 Å². The van der Waals surface area contributed by atoms with Crippen molar-refractivity contribution in [2.45, 2.75) is 20.1 Å². The predicted octanol–water partition coefficient (Wildman–Crippen LogP) is 3.37. The first kappa shape index (κ1) is 17.3. The highest BCUT2D eigenvalue weighted by Gasteiger charge is 2.08. The van der Waals surface area contributed by atoms with Crippen molar-refractivity contribution < 1.29 is 24.2 Å². The molecule has 0 atom stereocenters. The highest BCUT2D eigenvalue weighted by molar-refractivity contribution is 5.89. The minimum Gasteiger partial charge on any atom is -0.508 e. The van der Waals surface area contributed by atoms with Crippen molar-refractivity contribution in [3.8, 4) is 5.75 Å². The monoisotopic (exact) mass is 326 g/mol. The summed E-state index contributed by atoms with van der Waals surface area (Å²) in [6.07, 6.45) is 0. The van der Waals surface area contributed by atoms with Crippen molar-refractivity contribution in [1.29, 1.82) is 0 Å². The Kier molecular flexibility index (Phi) is 5.73. The molecule has 0 saturated heterocycles. The van der Waals surface area contributed by atoms with Gasteiger partial charge in [-0.15, -0.1) is 0 Å². The van der Waals surface area contributed by atoms with Gasteiger partial charge in [0.15, 0.2) is 0 Å². The van der Waals surface area contributed by atoms with Crippen molar-refractivity contribution in [2.24, 2.45) is 0 Å². The smallest absolute Gasteiger partial charge is 0.338 e. The number of phenols is 1. The molecule has 0 aliphatic heterocycles. The number of hydrogen-bond donors (Lipinski definition) is 1. The first-order chi connectivity index (χ1) is 11.5. The fraction of sp³-hybridized carbons (Fsp3) is 0.158. The number of ether oxygens (including phenoxy) is 2. The first-order valence-electron chi connectivity index (χ1n) is 7.32. The molecule has 0 unspecified atom stereocenters. The molecule has 1 N–H and O–H groups in total. The van der Waals surface area contributed by atoms with Gasteiger partial charge in [0.1, 0.15) is 19.0 Å². The van der Waals surface area contributed by atoms with Gasteiger partial charge in [0.05, 0.1) is 5.56 Å². The van der Waals surface area contributed by atoms with Crippen LogP contribution in [0, 0.1) is 0 Å². The van der Waals surface area contributed by atoms with Gasteiger partial charge in [-0.05, 0) is 42.3 Å². The van der Waals surface area contributed by atoms with E-state index in [-0.39, 0.29) is 19.0 Å². The molecule has 0 bridgehead atoms. The average Bonchev–Trinajstić information content (AvgIpc) is 2.59. The van der Waals surface area contributed by atoms with Crippen LogP contribution in [-0.2, 0) is 27.5 Å². The van der Waals surface area contributed by atoms with Crippen molar-refractivity contribution in [3.05, 3.63) is 77.4 Å². The van der Waals surface area contributed by atoms with Crippen LogP contribution >= 0.6 is 0 Å². The van der Waals surface area contributed by atoms with Gasteiger partial charge in [-0.2, -0.15) is 0 Å². The summed E-state index contributed by atoms with van der Waals surface area (Å²) in [5, 5.41) is 9.19. The summed E-state index contributed by atoms with van der Waals surface area (Å²) in [5.41, 5.74) is 2.37. The lowest BCUT2D eigenvalue weighted by atomic mass is 10.1. The second kappa shape index (κ2) is 7.97. The molecule has 5 nitrogen and oxygen atoms in total. The molecule has 2 aromatic carbocycles. The molecular weight excluding hydrogens is 308 g/mol. The molecule has 5 heteroatoms. The lowest BCUT2D eigenvalue weighted by Gasteiger charge is -2.07. The van der Waals surface area contributed by atoms with Crippen LogP contribution in [0.4, 0.5) is 0 Å². The molecule has 24 heavy (non-hydrogen) atoms. The van der Waals surface area contributed by atoms with Crippen LogP contribution in [0.2, 0.25) is 0 Å². The third kappa shape index (κ3) is 4.98. The molecule has 0 radical (unpaired) electrons. The van der Waals surface area contributed by atoms with Gasteiger partial charge in [0, 0.05) is 5.57 Å². The number of carbonyl (C=O) groups is 2. The minimum absolute atomic E-state index is 0.0921. The van der Waals surface area contributed by atoms with Crippen LogP contribution < -0.4 is 0 Å². The summed E-state index contributed by atoms with van der Waals surface area (Å²) in [6.45, 7) is 5.40. The molecule has 2 rings (SSSR count). The molecule has 0 fully saturated rings. The Morgan fingerprint density at radius 2 is 1.42 bits per heavy atom. The second-order valence-corrected chi connectivity index (χ2v) is 5.30. The Balaban J connectivity index is 1.85. The maximum Gasteiger partial charge on any atom is 0.338 e. The van der Waals surface area contributed by atoms with Crippen molar-refractivity contribution in [3.63, 3.8) is 0 Å². The second-order valence-electron chi connectivity index (χ2n) is 5.30. The standard InChI is InChI=1S/C19H18O5/c1-13(2)18(21)23-11-14-3-5-15(6-4-14)12-24-19(22)16-7-9-17(20)10-8-16/h3-10,20H,1,11-12H2,2H3. The Hall–Kier alpha value is -3.08. The number of rotatable bonds is 6. The van der Waals surface area contributed by atoms with E-state index in [0.717, 1.165) is 11.1 Å².